The normalized spacial score (nSPS) is 9.90. The van der Waals surface area contributed by atoms with E-state index in [2.05, 4.69) is 5.32 Å². The summed E-state index contributed by atoms with van der Waals surface area (Å²) in [7, 11) is 3.12. The molecule has 110 valence electrons. The lowest BCUT2D eigenvalue weighted by Crippen LogP contribution is -2.22. The lowest BCUT2D eigenvalue weighted by molar-refractivity contribution is -0.137. The van der Waals surface area contributed by atoms with Crippen molar-refractivity contribution in [3.63, 3.8) is 0 Å². The van der Waals surface area contributed by atoms with Crippen LogP contribution in [-0.4, -0.2) is 31.2 Å². The fraction of sp³-hybridized carbons (Fsp3) is 0.429. The fourth-order valence-corrected chi connectivity index (χ4v) is 1.68. The Morgan fingerprint density at radius 1 is 1.20 bits per heavy atom. The molecule has 0 aromatic heterocycles. The Labute approximate surface area is 117 Å². The van der Waals surface area contributed by atoms with Crippen molar-refractivity contribution < 1.29 is 24.2 Å². The molecule has 0 unspecified atom stereocenters. The van der Waals surface area contributed by atoms with Crippen molar-refractivity contribution in [2.24, 2.45) is 0 Å². The molecule has 20 heavy (non-hydrogen) atoms. The van der Waals surface area contributed by atoms with Gasteiger partial charge in [0, 0.05) is 31.0 Å². The molecule has 2 N–H and O–H groups in total. The van der Waals surface area contributed by atoms with Crippen LogP contribution in [0.4, 0.5) is 0 Å². The zero-order chi connectivity index (χ0) is 15.0. The zero-order valence-corrected chi connectivity index (χ0v) is 11.6. The third-order valence-corrected chi connectivity index (χ3v) is 2.76. The number of hydrogen-bond acceptors (Lipinski definition) is 4. The largest absolute Gasteiger partial charge is 0.497 e. The Morgan fingerprint density at radius 2 is 1.95 bits per heavy atom. The number of aliphatic carboxylic acids is 1. The molecule has 0 fully saturated rings. The van der Waals surface area contributed by atoms with Crippen LogP contribution < -0.4 is 14.8 Å². The highest BCUT2D eigenvalue weighted by Crippen LogP contribution is 2.24. The first-order valence-electron chi connectivity index (χ1n) is 6.26. The van der Waals surface area contributed by atoms with Crippen molar-refractivity contribution in [1.82, 2.24) is 5.32 Å². The minimum atomic E-state index is -0.894. The van der Waals surface area contributed by atoms with Gasteiger partial charge in [0.05, 0.1) is 14.2 Å². The molecule has 1 rings (SSSR count). The number of nitrogens with one attached hydrogen (secondary N) is 1. The summed E-state index contributed by atoms with van der Waals surface area (Å²) in [4.78, 5) is 21.9. The van der Waals surface area contributed by atoms with Crippen LogP contribution in [0.2, 0.25) is 0 Å². The Morgan fingerprint density at radius 3 is 2.55 bits per heavy atom. The van der Waals surface area contributed by atoms with Crippen molar-refractivity contribution in [2.75, 3.05) is 14.2 Å². The van der Waals surface area contributed by atoms with Crippen LogP contribution in [0, 0.1) is 0 Å². The molecule has 0 atom stereocenters. The van der Waals surface area contributed by atoms with Crippen LogP contribution in [-0.2, 0) is 16.1 Å². The van der Waals surface area contributed by atoms with E-state index >= 15 is 0 Å². The van der Waals surface area contributed by atoms with E-state index < -0.39 is 5.97 Å². The van der Waals surface area contributed by atoms with Gasteiger partial charge in [-0.25, -0.2) is 0 Å². The van der Waals surface area contributed by atoms with Gasteiger partial charge in [-0.05, 0) is 18.6 Å². The van der Waals surface area contributed by atoms with Gasteiger partial charge in [0.15, 0.2) is 0 Å². The van der Waals surface area contributed by atoms with Crippen molar-refractivity contribution in [1.29, 1.82) is 0 Å². The first-order valence-corrected chi connectivity index (χ1v) is 6.26. The van der Waals surface area contributed by atoms with Crippen LogP contribution in [0.25, 0.3) is 0 Å². The van der Waals surface area contributed by atoms with E-state index in [1.165, 1.54) is 0 Å². The minimum absolute atomic E-state index is 0.000717. The molecule has 0 heterocycles. The number of amides is 1. The highest BCUT2D eigenvalue weighted by atomic mass is 16.5. The second-order valence-electron chi connectivity index (χ2n) is 4.20. The second kappa shape index (κ2) is 8.04. The smallest absolute Gasteiger partial charge is 0.303 e. The lowest BCUT2D eigenvalue weighted by Gasteiger charge is -2.11. The first-order chi connectivity index (χ1) is 9.56. The molecule has 0 saturated heterocycles. The molecule has 0 aliphatic carbocycles. The topological polar surface area (TPSA) is 84.9 Å². The number of rotatable bonds is 8. The number of carbonyl (C=O) groups excluding carboxylic acids is 1. The molecule has 1 aromatic carbocycles. The maximum Gasteiger partial charge on any atom is 0.303 e. The molecule has 0 spiro atoms. The summed E-state index contributed by atoms with van der Waals surface area (Å²) in [5, 5.41) is 11.2. The molecular weight excluding hydrogens is 262 g/mol. The van der Waals surface area contributed by atoms with E-state index in [1.807, 2.05) is 6.07 Å². The van der Waals surface area contributed by atoms with E-state index in [1.54, 1.807) is 26.4 Å². The summed E-state index contributed by atoms with van der Waals surface area (Å²) in [5.74, 6) is 0.243. The van der Waals surface area contributed by atoms with E-state index in [0.29, 0.717) is 24.5 Å². The number of hydrogen-bond donors (Lipinski definition) is 2. The second-order valence-corrected chi connectivity index (χ2v) is 4.20. The summed E-state index contributed by atoms with van der Waals surface area (Å²) in [6.45, 7) is 0.332. The predicted octanol–water partition coefficient (Wildman–Crippen LogP) is 1.57. The molecule has 0 radical (unpaired) electrons. The standard InChI is InChI=1S/C14H19NO5/c1-19-11-7-6-10(12(8-11)20-2)9-15-13(16)4-3-5-14(17)18/h6-8H,3-5,9H2,1-2H3,(H,15,16)(H,17,18). The minimum Gasteiger partial charge on any atom is -0.497 e. The molecule has 0 saturated carbocycles. The molecule has 6 nitrogen and oxygen atoms in total. The highest BCUT2D eigenvalue weighted by Gasteiger charge is 2.08. The Kier molecular flexibility index (Phi) is 6.36. The van der Waals surface area contributed by atoms with Crippen molar-refractivity contribution in [3.05, 3.63) is 23.8 Å². The molecule has 1 amide bonds. The van der Waals surface area contributed by atoms with Crippen molar-refractivity contribution in [3.8, 4) is 11.5 Å². The van der Waals surface area contributed by atoms with Gasteiger partial charge in [-0.15, -0.1) is 0 Å². The van der Waals surface area contributed by atoms with Gasteiger partial charge in [0.1, 0.15) is 11.5 Å². The number of methoxy groups -OCH3 is 2. The molecule has 0 bridgehead atoms. The van der Waals surface area contributed by atoms with Gasteiger partial charge < -0.3 is 19.9 Å². The average Bonchev–Trinajstić information content (AvgIpc) is 2.44. The summed E-state index contributed by atoms with van der Waals surface area (Å²) in [6, 6.07) is 5.34. The molecular formula is C14H19NO5. The van der Waals surface area contributed by atoms with Gasteiger partial charge in [-0.1, -0.05) is 0 Å². The van der Waals surface area contributed by atoms with Crippen LogP contribution >= 0.6 is 0 Å². The Bertz CT molecular complexity index is 473. The number of carbonyl (C=O) groups is 2. The van der Waals surface area contributed by atoms with Gasteiger partial charge >= 0.3 is 5.97 Å². The molecule has 1 aromatic rings. The third-order valence-electron chi connectivity index (χ3n) is 2.76. The number of carboxylic acids is 1. The highest BCUT2D eigenvalue weighted by molar-refractivity contribution is 5.76. The van der Waals surface area contributed by atoms with Crippen LogP contribution in [0.1, 0.15) is 24.8 Å². The number of benzene rings is 1. The maximum atomic E-state index is 11.6. The fourth-order valence-electron chi connectivity index (χ4n) is 1.68. The van der Waals surface area contributed by atoms with Gasteiger partial charge in [0.2, 0.25) is 5.91 Å². The van der Waals surface area contributed by atoms with Gasteiger partial charge in [-0.3, -0.25) is 9.59 Å². The summed E-state index contributed by atoms with van der Waals surface area (Å²) < 4.78 is 10.3. The lowest BCUT2D eigenvalue weighted by atomic mass is 10.1. The third kappa shape index (κ3) is 5.17. The van der Waals surface area contributed by atoms with Gasteiger partial charge in [-0.2, -0.15) is 0 Å². The van der Waals surface area contributed by atoms with E-state index in [0.717, 1.165) is 5.56 Å². The van der Waals surface area contributed by atoms with E-state index in [4.69, 9.17) is 14.6 Å². The number of ether oxygens (including phenoxy) is 2. The van der Waals surface area contributed by atoms with Crippen LogP contribution in [0.5, 0.6) is 11.5 Å². The predicted molar refractivity (Wildman–Crippen MR) is 72.9 cm³/mol. The quantitative estimate of drug-likeness (QED) is 0.755. The zero-order valence-electron chi connectivity index (χ0n) is 11.6. The Hall–Kier alpha value is -2.24. The monoisotopic (exact) mass is 281 g/mol. The average molecular weight is 281 g/mol. The van der Waals surface area contributed by atoms with Crippen LogP contribution in [0.15, 0.2) is 18.2 Å². The first kappa shape index (κ1) is 15.8. The van der Waals surface area contributed by atoms with Crippen molar-refractivity contribution in [2.45, 2.75) is 25.8 Å². The van der Waals surface area contributed by atoms with Gasteiger partial charge in [0.25, 0.3) is 0 Å². The molecule has 0 aliphatic rings. The summed E-state index contributed by atoms with van der Waals surface area (Å²) >= 11 is 0. The number of carboxylic acid groups (broad SMARTS) is 1. The van der Waals surface area contributed by atoms with E-state index in [9.17, 15) is 9.59 Å². The van der Waals surface area contributed by atoms with Crippen molar-refractivity contribution >= 4 is 11.9 Å². The molecule has 0 aliphatic heterocycles. The summed E-state index contributed by atoms with van der Waals surface area (Å²) in [6.07, 6.45) is 0.533. The maximum absolute atomic E-state index is 11.6. The van der Waals surface area contributed by atoms with Crippen LogP contribution in [0.3, 0.4) is 0 Å². The van der Waals surface area contributed by atoms with E-state index in [-0.39, 0.29) is 18.7 Å². The SMILES string of the molecule is COc1ccc(CNC(=O)CCCC(=O)O)c(OC)c1. The Balaban J connectivity index is 2.48. The summed E-state index contributed by atoms with van der Waals surface area (Å²) in [5.41, 5.74) is 0.833. The molecule has 6 heteroatoms.